The lowest BCUT2D eigenvalue weighted by Crippen LogP contribution is -2.52. The SMILES string of the molecule is N#Cc1cccc(N2CCN(C(=O)NCCCC(=O)O)CC2)n1. The third kappa shape index (κ3) is 4.85. The minimum atomic E-state index is -0.861. The lowest BCUT2D eigenvalue weighted by atomic mass is 10.3. The predicted molar refractivity (Wildman–Crippen MR) is 83.0 cm³/mol. The number of carbonyl (C=O) groups excluding carboxylic acids is 1. The first kappa shape index (κ1) is 16.5. The number of aromatic nitrogens is 1. The molecule has 1 fully saturated rings. The highest BCUT2D eigenvalue weighted by atomic mass is 16.4. The van der Waals surface area contributed by atoms with Crippen LogP contribution >= 0.6 is 0 Å². The van der Waals surface area contributed by atoms with Crippen LogP contribution in [0.2, 0.25) is 0 Å². The highest BCUT2D eigenvalue weighted by molar-refractivity contribution is 5.74. The van der Waals surface area contributed by atoms with Gasteiger partial charge in [0.15, 0.2) is 0 Å². The molecule has 1 saturated heterocycles. The standard InChI is InChI=1S/C15H19N5O3/c16-11-12-3-1-4-13(18-12)19-7-9-20(10-8-19)15(23)17-6-2-5-14(21)22/h1,3-4H,2,5-10H2,(H,17,23)(H,21,22). The van der Waals surface area contributed by atoms with Crippen molar-refractivity contribution in [1.29, 1.82) is 5.26 Å². The second-order valence-electron chi connectivity index (χ2n) is 5.20. The molecule has 8 nitrogen and oxygen atoms in total. The quantitative estimate of drug-likeness (QED) is 0.772. The number of carboxylic acids is 1. The fourth-order valence-electron chi connectivity index (χ4n) is 2.35. The lowest BCUT2D eigenvalue weighted by molar-refractivity contribution is -0.137. The third-order valence-electron chi connectivity index (χ3n) is 3.58. The molecule has 0 spiro atoms. The average Bonchev–Trinajstić information content (AvgIpc) is 2.58. The van der Waals surface area contributed by atoms with Gasteiger partial charge in [0.2, 0.25) is 0 Å². The minimum Gasteiger partial charge on any atom is -0.481 e. The van der Waals surface area contributed by atoms with Crippen LogP contribution < -0.4 is 10.2 Å². The van der Waals surface area contributed by atoms with E-state index in [4.69, 9.17) is 10.4 Å². The predicted octanol–water partition coefficient (Wildman–Crippen LogP) is 0.650. The van der Waals surface area contributed by atoms with Crippen molar-refractivity contribution in [3.05, 3.63) is 23.9 Å². The Morgan fingerprint density at radius 3 is 2.70 bits per heavy atom. The van der Waals surface area contributed by atoms with Crippen molar-refractivity contribution < 1.29 is 14.7 Å². The summed E-state index contributed by atoms with van der Waals surface area (Å²) in [4.78, 5) is 30.4. The molecule has 8 heteroatoms. The zero-order valence-electron chi connectivity index (χ0n) is 12.7. The number of hydrogen-bond acceptors (Lipinski definition) is 5. The van der Waals surface area contributed by atoms with Crippen molar-refractivity contribution in [3.8, 4) is 6.07 Å². The van der Waals surface area contributed by atoms with E-state index >= 15 is 0 Å². The van der Waals surface area contributed by atoms with E-state index in [-0.39, 0.29) is 12.5 Å². The number of pyridine rings is 1. The molecule has 2 rings (SSSR count). The van der Waals surface area contributed by atoms with Crippen LogP contribution in [0, 0.1) is 11.3 Å². The van der Waals surface area contributed by atoms with Crippen molar-refractivity contribution in [1.82, 2.24) is 15.2 Å². The molecule has 0 bridgehead atoms. The van der Waals surface area contributed by atoms with Gasteiger partial charge in [0.25, 0.3) is 0 Å². The fourth-order valence-corrected chi connectivity index (χ4v) is 2.35. The zero-order valence-corrected chi connectivity index (χ0v) is 12.7. The molecule has 0 atom stereocenters. The molecule has 1 aromatic heterocycles. The maximum absolute atomic E-state index is 12.0. The van der Waals surface area contributed by atoms with E-state index in [1.54, 1.807) is 17.0 Å². The van der Waals surface area contributed by atoms with Crippen LogP contribution in [0.15, 0.2) is 18.2 Å². The van der Waals surface area contributed by atoms with Gasteiger partial charge in [-0.15, -0.1) is 0 Å². The Hall–Kier alpha value is -2.82. The number of nitriles is 1. The molecule has 0 aliphatic carbocycles. The van der Waals surface area contributed by atoms with E-state index in [0.29, 0.717) is 44.8 Å². The highest BCUT2D eigenvalue weighted by Gasteiger charge is 2.21. The summed E-state index contributed by atoms with van der Waals surface area (Å²) >= 11 is 0. The average molecular weight is 317 g/mol. The fraction of sp³-hybridized carbons (Fsp3) is 0.467. The van der Waals surface area contributed by atoms with Gasteiger partial charge in [-0.3, -0.25) is 4.79 Å². The van der Waals surface area contributed by atoms with Gasteiger partial charge in [-0.2, -0.15) is 5.26 Å². The van der Waals surface area contributed by atoms with Crippen molar-refractivity contribution in [3.63, 3.8) is 0 Å². The Bertz CT molecular complexity index is 605. The normalized spacial score (nSPS) is 14.2. The summed E-state index contributed by atoms with van der Waals surface area (Å²) in [6.07, 6.45) is 0.473. The molecule has 23 heavy (non-hydrogen) atoms. The first-order chi connectivity index (χ1) is 11.1. The molecule has 122 valence electrons. The Labute approximate surface area is 134 Å². The van der Waals surface area contributed by atoms with Gasteiger partial charge >= 0.3 is 12.0 Å². The van der Waals surface area contributed by atoms with Crippen LogP contribution in [0.4, 0.5) is 10.6 Å². The molecular formula is C15H19N5O3. The van der Waals surface area contributed by atoms with Gasteiger partial charge in [-0.25, -0.2) is 9.78 Å². The molecule has 2 amide bonds. The molecule has 1 aliphatic rings. The van der Waals surface area contributed by atoms with Crippen LogP contribution in [0.5, 0.6) is 0 Å². The smallest absolute Gasteiger partial charge is 0.317 e. The summed E-state index contributed by atoms with van der Waals surface area (Å²) in [5.41, 5.74) is 0.376. The molecule has 2 N–H and O–H groups in total. The van der Waals surface area contributed by atoms with Crippen LogP contribution in [0.3, 0.4) is 0 Å². The van der Waals surface area contributed by atoms with Gasteiger partial charge in [-0.05, 0) is 18.6 Å². The largest absolute Gasteiger partial charge is 0.481 e. The second-order valence-corrected chi connectivity index (χ2v) is 5.20. The van der Waals surface area contributed by atoms with E-state index in [9.17, 15) is 9.59 Å². The number of carbonyl (C=O) groups is 2. The van der Waals surface area contributed by atoms with Crippen LogP contribution in [0.25, 0.3) is 0 Å². The number of nitrogens with zero attached hydrogens (tertiary/aromatic N) is 4. The summed E-state index contributed by atoms with van der Waals surface area (Å²) in [6, 6.07) is 7.14. The van der Waals surface area contributed by atoms with Gasteiger partial charge in [0, 0.05) is 39.1 Å². The number of carboxylic acid groups (broad SMARTS) is 1. The monoisotopic (exact) mass is 317 g/mol. The molecule has 2 heterocycles. The molecule has 1 aromatic rings. The number of amides is 2. The first-order valence-corrected chi connectivity index (χ1v) is 7.47. The van der Waals surface area contributed by atoms with E-state index < -0.39 is 5.97 Å². The minimum absolute atomic E-state index is 0.0506. The Morgan fingerprint density at radius 1 is 1.30 bits per heavy atom. The number of nitrogens with one attached hydrogen (secondary N) is 1. The number of rotatable bonds is 5. The Morgan fingerprint density at radius 2 is 2.04 bits per heavy atom. The van der Waals surface area contributed by atoms with Crippen molar-refractivity contribution in [2.45, 2.75) is 12.8 Å². The number of anilines is 1. The van der Waals surface area contributed by atoms with Crippen LogP contribution in [-0.2, 0) is 4.79 Å². The molecule has 0 radical (unpaired) electrons. The molecule has 1 aliphatic heterocycles. The third-order valence-corrected chi connectivity index (χ3v) is 3.58. The van der Waals surface area contributed by atoms with Gasteiger partial charge < -0.3 is 20.2 Å². The zero-order chi connectivity index (χ0) is 16.7. The topological polar surface area (TPSA) is 110 Å². The summed E-state index contributed by atoms with van der Waals surface area (Å²) in [5.74, 6) is -0.120. The van der Waals surface area contributed by atoms with Crippen molar-refractivity contribution in [2.24, 2.45) is 0 Å². The van der Waals surface area contributed by atoms with Crippen molar-refractivity contribution >= 4 is 17.8 Å². The van der Waals surface area contributed by atoms with Crippen LogP contribution in [-0.4, -0.2) is 59.7 Å². The van der Waals surface area contributed by atoms with Gasteiger partial charge in [0.1, 0.15) is 17.6 Å². The summed E-state index contributed by atoms with van der Waals surface area (Å²) in [7, 11) is 0. The van der Waals surface area contributed by atoms with Gasteiger partial charge in [-0.1, -0.05) is 6.07 Å². The maximum atomic E-state index is 12.0. The Balaban J connectivity index is 1.78. The van der Waals surface area contributed by atoms with Gasteiger partial charge in [0.05, 0.1) is 0 Å². The summed E-state index contributed by atoms with van der Waals surface area (Å²) < 4.78 is 0. The number of aliphatic carboxylic acids is 1. The molecule has 0 saturated carbocycles. The molecule has 0 unspecified atom stereocenters. The summed E-state index contributed by atoms with van der Waals surface area (Å²) in [6.45, 7) is 2.76. The molecular weight excluding hydrogens is 298 g/mol. The first-order valence-electron chi connectivity index (χ1n) is 7.47. The van der Waals surface area contributed by atoms with E-state index in [0.717, 1.165) is 5.82 Å². The van der Waals surface area contributed by atoms with Crippen LogP contribution in [0.1, 0.15) is 18.5 Å². The second kappa shape index (κ2) is 7.98. The number of urea groups is 1. The molecule has 0 aromatic carbocycles. The lowest BCUT2D eigenvalue weighted by Gasteiger charge is -2.35. The van der Waals surface area contributed by atoms with E-state index in [2.05, 4.69) is 10.3 Å². The highest BCUT2D eigenvalue weighted by Crippen LogP contribution is 2.14. The summed E-state index contributed by atoms with van der Waals surface area (Å²) in [5, 5.41) is 20.2. The van der Waals surface area contributed by atoms with E-state index in [1.807, 2.05) is 17.0 Å². The Kier molecular flexibility index (Phi) is 5.74. The number of piperazine rings is 1. The van der Waals surface area contributed by atoms with Crippen molar-refractivity contribution in [2.75, 3.05) is 37.6 Å². The van der Waals surface area contributed by atoms with E-state index in [1.165, 1.54) is 0 Å². The number of hydrogen-bond donors (Lipinski definition) is 2. The maximum Gasteiger partial charge on any atom is 0.317 e.